The fourth-order valence-corrected chi connectivity index (χ4v) is 2.69. The summed E-state index contributed by atoms with van der Waals surface area (Å²) in [4.78, 5) is 37.2. The smallest absolute Gasteiger partial charge is 0.343 e. The Balaban J connectivity index is 2.29. The van der Waals surface area contributed by atoms with Gasteiger partial charge in [0.05, 0.1) is 14.2 Å². The molecule has 0 aromatic heterocycles. The van der Waals surface area contributed by atoms with Crippen molar-refractivity contribution in [2.75, 3.05) is 27.9 Å². The van der Waals surface area contributed by atoms with Crippen molar-refractivity contribution in [3.05, 3.63) is 59.4 Å². The fraction of sp³-hybridized carbons (Fsp3) is 0.250. The summed E-state index contributed by atoms with van der Waals surface area (Å²) in [5, 5.41) is 0. The Morgan fingerprint density at radius 1 is 1.10 bits per heavy atom. The molecule has 0 heterocycles. The number of likely N-dealkylation sites (N-methyl/N-ethyl adjacent to an activating group) is 1. The van der Waals surface area contributed by atoms with Crippen molar-refractivity contribution in [1.29, 1.82) is 0 Å². The van der Waals surface area contributed by atoms with Crippen LogP contribution in [0.3, 0.4) is 0 Å². The van der Waals surface area contributed by atoms with E-state index in [9.17, 15) is 18.8 Å². The molecule has 1 unspecified atom stereocenters. The van der Waals surface area contributed by atoms with Crippen LogP contribution in [0.25, 0.3) is 0 Å². The van der Waals surface area contributed by atoms with E-state index >= 15 is 0 Å². The summed E-state index contributed by atoms with van der Waals surface area (Å²) in [5.41, 5.74) is 5.88. The Bertz CT molecular complexity index is 918. The zero-order valence-corrected chi connectivity index (χ0v) is 16.2. The van der Waals surface area contributed by atoms with E-state index in [-0.39, 0.29) is 29.2 Å². The van der Waals surface area contributed by atoms with Crippen molar-refractivity contribution < 1.29 is 33.0 Å². The number of hydrogen-bond donors (Lipinski definition) is 1. The first-order chi connectivity index (χ1) is 13.8. The molecule has 2 rings (SSSR count). The molecule has 2 amide bonds. The molecule has 0 aliphatic rings. The van der Waals surface area contributed by atoms with Gasteiger partial charge in [-0.1, -0.05) is 12.1 Å². The van der Waals surface area contributed by atoms with Crippen LogP contribution in [-0.4, -0.2) is 50.6 Å². The highest BCUT2D eigenvalue weighted by Gasteiger charge is 2.28. The van der Waals surface area contributed by atoms with Crippen LogP contribution in [-0.2, 0) is 14.3 Å². The number of nitrogens with two attached hydrogens (primary N) is 1. The number of esters is 1. The van der Waals surface area contributed by atoms with Gasteiger partial charge in [-0.25, -0.2) is 9.18 Å². The molecule has 0 aliphatic carbocycles. The number of nitrogens with zero attached hydrogens (tertiary/aromatic N) is 1. The molecule has 8 nitrogen and oxygen atoms in total. The summed E-state index contributed by atoms with van der Waals surface area (Å²) in [7, 11) is 3.99. The maximum atomic E-state index is 13.6. The van der Waals surface area contributed by atoms with E-state index < -0.39 is 29.6 Å². The molecule has 29 heavy (non-hydrogen) atoms. The van der Waals surface area contributed by atoms with Crippen LogP contribution < -0.4 is 15.2 Å². The van der Waals surface area contributed by atoms with Crippen LogP contribution in [0.4, 0.5) is 4.39 Å². The molecule has 154 valence electrons. The Labute approximate surface area is 166 Å². The highest BCUT2D eigenvalue weighted by Crippen LogP contribution is 2.30. The van der Waals surface area contributed by atoms with Gasteiger partial charge in [0.25, 0.3) is 5.91 Å². The summed E-state index contributed by atoms with van der Waals surface area (Å²) in [6, 6.07) is 8.42. The molecule has 2 aromatic rings. The molecule has 0 saturated carbocycles. The molecular weight excluding hydrogens is 383 g/mol. The zero-order valence-electron chi connectivity index (χ0n) is 16.2. The van der Waals surface area contributed by atoms with Gasteiger partial charge in [-0.15, -0.1) is 0 Å². The molecule has 2 aromatic carbocycles. The number of methoxy groups -OCH3 is 2. The Kier molecular flexibility index (Phi) is 7.13. The first-order valence-corrected chi connectivity index (χ1v) is 8.48. The third-order valence-corrected chi connectivity index (χ3v) is 4.13. The second-order valence-electron chi connectivity index (χ2n) is 6.01. The molecule has 1 atom stereocenters. The lowest BCUT2D eigenvalue weighted by molar-refractivity contribution is -0.142. The van der Waals surface area contributed by atoms with Crippen molar-refractivity contribution in [3.63, 3.8) is 0 Å². The third-order valence-electron chi connectivity index (χ3n) is 4.13. The number of rotatable bonds is 8. The number of ether oxygens (including phenoxy) is 3. The summed E-state index contributed by atoms with van der Waals surface area (Å²) in [6.45, 7) is -0.330. The standard InChI is InChI=1S/C20H21FN2O6/c1-23(18(19(22)25)12-5-4-6-14(21)9-12)20(26)13-7-8-15(16(10-13)27-2)29-11-17(24)28-3/h4-10,18H,11H2,1-3H3,(H2,22,25). The van der Waals surface area contributed by atoms with Gasteiger partial charge in [0.1, 0.15) is 11.9 Å². The molecule has 0 fully saturated rings. The Morgan fingerprint density at radius 3 is 2.41 bits per heavy atom. The molecule has 0 bridgehead atoms. The van der Waals surface area contributed by atoms with E-state index in [1.165, 1.54) is 57.7 Å². The predicted octanol–water partition coefficient (Wildman–Crippen LogP) is 1.68. The average Bonchev–Trinajstić information content (AvgIpc) is 2.71. The Morgan fingerprint density at radius 2 is 1.83 bits per heavy atom. The average molecular weight is 404 g/mol. The van der Waals surface area contributed by atoms with Gasteiger partial charge >= 0.3 is 5.97 Å². The molecule has 0 saturated heterocycles. The van der Waals surface area contributed by atoms with Crippen molar-refractivity contribution in [2.24, 2.45) is 5.73 Å². The minimum atomic E-state index is -1.17. The second kappa shape index (κ2) is 9.54. The van der Waals surface area contributed by atoms with Crippen molar-refractivity contribution >= 4 is 17.8 Å². The zero-order chi connectivity index (χ0) is 21.6. The first-order valence-electron chi connectivity index (χ1n) is 8.48. The largest absolute Gasteiger partial charge is 0.493 e. The first kappa shape index (κ1) is 21.7. The second-order valence-corrected chi connectivity index (χ2v) is 6.01. The topological polar surface area (TPSA) is 108 Å². The predicted molar refractivity (Wildman–Crippen MR) is 101 cm³/mol. The maximum Gasteiger partial charge on any atom is 0.343 e. The summed E-state index contributed by atoms with van der Waals surface area (Å²) >= 11 is 0. The van der Waals surface area contributed by atoms with E-state index in [2.05, 4.69) is 4.74 Å². The molecule has 0 spiro atoms. The summed E-state index contributed by atoms with van der Waals surface area (Å²) in [5.74, 6) is -2.05. The van der Waals surface area contributed by atoms with Gasteiger partial charge in [-0.3, -0.25) is 9.59 Å². The van der Waals surface area contributed by atoms with E-state index in [4.69, 9.17) is 15.2 Å². The number of benzene rings is 2. The van der Waals surface area contributed by atoms with Gasteiger partial charge in [-0.2, -0.15) is 0 Å². The Hall–Kier alpha value is -3.62. The van der Waals surface area contributed by atoms with Crippen molar-refractivity contribution in [2.45, 2.75) is 6.04 Å². The van der Waals surface area contributed by atoms with Crippen LogP contribution in [0.5, 0.6) is 11.5 Å². The van der Waals surface area contributed by atoms with Crippen LogP contribution in [0, 0.1) is 5.82 Å². The molecule has 2 N–H and O–H groups in total. The number of carbonyl (C=O) groups is 3. The SMILES string of the molecule is COC(=O)COc1ccc(C(=O)N(C)C(C(N)=O)c2cccc(F)c2)cc1OC. The number of primary amides is 1. The van der Waals surface area contributed by atoms with E-state index in [0.717, 1.165) is 11.0 Å². The number of hydrogen-bond acceptors (Lipinski definition) is 6. The number of amides is 2. The molecule has 0 radical (unpaired) electrons. The lowest BCUT2D eigenvalue weighted by Crippen LogP contribution is -2.39. The number of halogens is 1. The maximum absolute atomic E-state index is 13.6. The quantitative estimate of drug-likeness (QED) is 0.671. The lowest BCUT2D eigenvalue weighted by atomic mass is 10.0. The lowest BCUT2D eigenvalue weighted by Gasteiger charge is -2.26. The minimum absolute atomic E-state index is 0.178. The van der Waals surface area contributed by atoms with Crippen molar-refractivity contribution in [1.82, 2.24) is 4.90 Å². The van der Waals surface area contributed by atoms with Gasteiger partial charge in [0.15, 0.2) is 18.1 Å². The van der Waals surface area contributed by atoms with Crippen molar-refractivity contribution in [3.8, 4) is 11.5 Å². The highest BCUT2D eigenvalue weighted by atomic mass is 19.1. The highest BCUT2D eigenvalue weighted by molar-refractivity contribution is 5.98. The van der Waals surface area contributed by atoms with Crippen LogP contribution in [0.1, 0.15) is 22.0 Å². The monoisotopic (exact) mass is 404 g/mol. The summed E-state index contributed by atoms with van der Waals surface area (Å²) in [6.07, 6.45) is 0. The summed E-state index contributed by atoms with van der Waals surface area (Å²) < 4.78 is 28.6. The molecular formula is C20H21FN2O6. The van der Waals surface area contributed by atoms with Gasteiger partial charge in [-0.05, 0) is 35.9 Å². The third kappa shape index (κ3) is 5.22. The van der Waals surface area contributed by atoms with Crippen LogP contribution in [0.2, 0.25) is 0 Å². The minimum Gasteiger partial charge on any atom is -0.493 e. The normalized spacial score (nSPS) is 11.3. The van der Waals surface area contributed by atoms with Crippen LogP contribution >= 0.6 is 0 Å². The van der Waals surface area contributed by atoms with E-state index in [0.29, 0.717) is 0 Å². The fourth-order valence-electron chi connectivity index (χ4n) is 2.69. The van der Waals surface area contributed by atoms with Gasteiger partial charge < -0.3 is 24.8 Å². The molecule has 0 aliphatic heterocycles. The van der Waals surface area contributed by atoms with Gasteiger partial charge in [0.2, 0.25) is 5.91 Å². The number of carbonyl (C=O) groups excluding carboxylic acids is 3. The molecule has 9 heteroatoms. The van der Waals surface area contributed by atoms with Gasteiger partial charge in [0, 0.05) is 12.6 Å². The van der Waals surface area contributed by atoms with E-state index in [1.807, 2.05) is 0 Å². The van der Waals surface area contributed by atoms with E-state index in [1.54, 1.807) is 0 Å². The van der Waals surface area contributed by atoms with Crippen LogP contribution in [0.15, 0.2) is 42.5 Å².